The molecular formula is C17H15N5O3S. The van der Waals surface area contributed by atoms with E-state index in [1.54, 1.807) is 30.3 Å². The minimum Gasteiger partial charge on any atom is -0.493 e. The highest BCUT2D eigenvalue weighted by atomic mass is 32.2. The molecule has 0 spiro atoms. The summed E-state index contributed by atoms with van der Waals surface area (Å²) in [5.74, 6) is 0.189. The number of hydrogen-bond donors (Lipinski definition) is 2. The predicted molar refractivity (Wildman–Crippen MR) is 96.3 cm³/mol. The lowest BCUT2D eigenvalue weighted by Gasteiger charge is -2.07. The van der Waals surface area contributed by atoms with Crippen molar-refractivity contribution in [1.82, 2.24) is 14.8 Å². The van der Waals surface area contributed by atoms with Crippen LogP contribution in [0.4, 0.5) is 5.69 Å². The Bertz CT molecular complexity index is 1070. The van der Waals surface area contributed by atoms with E-state index in [0.29, 0.717) is 28.2 Å². The van der Waals surface area contributed by atoms with Gasteiger partial charge < -0.3 is 5.11 Å². The first-order chi connectivity index (χ1) is 12.4. The van der Waals surface area contributed by atoms with Crippen LogP contribution in [0.2, 0.25) is 0 Å². The zero-order valence-corrected chi connectivity index (χ0v) is 14.6. The number of aromatic nitrogens is 3. The standard InChI is InChI=1S/C17H15N5O3S/c1-2-26(24,25)21-14-7-8-16(19-10-14)22-17(23)15(11-20-22)13-5-3-12(9-18)4-6-13/h3-8,10-11,21,23H,2H2,1H3. The third-order valence-corrected chi connectivity index (χ3v) is 4.99. The Morgan fingerprint density at radius 3 is 2.50 bits per heavy atom. The van der Waals surface area contributed by atoms with Crippen LogP contribution in [0, 0.1) is 11.3 Å². The molecule has 1 aromatic carbocycles. The molecule has 3 aromatic rings. The fourth-order valence-electron chi connectivity index (χ4n) is 2.26. The summed E-state index contributed by atoms with van der Waals surface area (Å²) in [7, 11) is -3.38. The van der Waals surface area contributed by atoms with Gasteiger partial charge in [-0.1, -0.05) is 12.1 Å². The molecule has 2 heterocycles. The number of aromatic hydroxyl groups is 1. The molecule has 9 heteroatoms. The maximum Gasteiger partial charge on any atom is 0.232 e. The highest BCUT2D eigenvalue weighted by molar-refractivity contribution is 7.92. The molecule has 0 atom stereocenters. The number of pyridine rings is 1. The molecule has 26 heavy (non-hydrogen) atoms. The normalized spacial score (nSPS) is 11.1. The van der Waals surface area contributed by atoms with E-state index in [-0.39, 0.29) is 11.6 Å². The number of nitrogens with zero attached hydrogens (tertiary/aromatic N) is 4. The zero-order valence-electron chi connectivity index (χ0n) is 13.8. The summed E-state index contributed by atoms with van der Waals surface area (Å²) in [5, 5.41) is 23.4. The van der Waals surface area contributed by atoms with Gasteiger partial charge in [-0.2, -0.15) is 15.0 Å². The van der Waals surface area contributed by atoms with E-state index in [4.69, 9.17) is 5.26 Å². The second-order valence-electron chi connectivity index (χ2n) is 5.39. The van der Waals surface area contributed by atoms with Gasteiger partial charge in [0.15, 0.2) is 5.82 Å². The van der Waals surface area contributed by atoms with E-state index < -0.39 is 10.0 Å². The monoisotopic (exact) mass is 369 g/mol. The number of rotatable bonds is 5. The first-order valence-electron chi connectivity index (χ1n) is 7.68. The van der Waals surface area contributed by atoms with Crippen molar-refractivity contribution in [3.63, 3.8) is 0 Å². The van der Waals surface area contributed by atoms with Crippen LogP contribution in [0.5, 0.6) is 5.88 Å². The van der Waals surface area contributed by atoms with Crippen LogP contribution in [0.1, 0.15) is 12.5 Å². The van der Waals surface area contributed by atoms with E-state index in [2.05, 4.69) is 14.8 Å². The second-order valence-corrected chi connectivity index (χ2v) is 7.40. The molecule has 0 aliphatic rings. The van der Waals surface area contributed by atoms with E-state index in [1.807, 2.05) is 6.07 Å². The van der Waals surface area contributed by atoms with Crippen molar-refractivity contribution in [3.8, 4) is 28.9 Å². The number of sulfonamides is 1. The highest BCUT2D eigenvalue weighted by Crippen LogP contribution is 2.30. The third-order valence-electron chi connectivity index (χ3n) is 3.69. The average molecular weight is 369 g/mol. The summed E-state index contributed by atoms with van der Waals surface area (Å²) in [6.45, 7) is 1.54. The lowest BCUT2D eigenvalue weighted by molar-refractivity contribution is 0.433. The lowest BCUT2D eigenvalue weighted by atomic mass is 10.1. The highest BCUT2D eigenvalue weighted by Gasteiger charge is 2.14. The maximum atomic E-state index is 11.6. The summed E-state index contributed by atoms with van der Waals surface area (Å²) < 4.78 is 26.8. The van der Waals surface area contributed by atoms with Crippen molar-refractivity contribution in [1.29, 1.82) is 5.26 Å². The van der Waals surface area contributed by atoms with Crippen molar-refractivity contribution in [2.75, 3.05) is 10.5 Å². The van der Waals surface area contributed by atoms with Crippen LogP contribution in [0.15, 0.2) is 48.8 Å². The molecule has 0 saturated carbocycles. The molecule has 3 rings (SSSR count). The SMILES string of the molecule is CCS(=O)(=O)Nc1ccc(-n2ncc(-c3ccc(C#N)cc3)c2O)nc1. The zero-order chi connectivity index (χ0) is 18.7. The predicted octanol–water partition coefficient (Wildman–Crippen LogP) is 2.27. The van der Waals surface area contributed by atoms with Crippen LogP contribution in [-0.4, -0.2) is 34.0 Å². The molecule has 0 fully saturated rings. The minimum atomic E-state index is -3.38. The molecule has 0 unspecified atom stereocenters. The largest absolute Gasteiger partial charge is 0.493 e. The quantitative estimate of drug-likeness (QED) is 0.712. The van der Waals surface area contributed by atoms with Gasteiger partial charge in [0.1, 0.15) is 0 Å². The summed E-state index contributed by atoms with van der Waals surface area (Å²) in [6.07, 6.45) is 2.84. The molecular weight excluding hydrogens is 354 g/mol. The number of nitrogens with one attached hydrogen (secondary N) is 1. The first-order valence-corrected chi connectivity index (χ1v) is 9.33. The molecule has 2 aromatic heterocycles. The fourth-order valence-corrected chi connectivity index (χ4v) is 2.89. The fraction of sp³-hybridized carbons (Fsp3) is 0.118. The average Bonchev–Trinajstić information content (AvgIpc) is 3.03. The Hall–Kier alpha value is -3.38. The Kier molecular flexibility index (Phi) is 4.60. The molecule has 0 amide bonds. The van der Waals surface area contributed by atoms with Crippen LogP contribution < -0.4 is 4.72 Å². The molecule has 0 radical (unpaired) electrons. The molecule has 132 valence electrons. The number of benzene rings is 1. The van der Waals surface area contributed by atoms with Crippen molar-refractivity contribution in [2.24, 2.45) is 0 Å². The van der Waals surface area contributed by atoms with Crippen LogP contribution in [0.3, 0.4) is 0 Å². The summed E-state index contributed by atoms with van der Waals surface area (Å²) in [4.78, 5) is 4.13. The number of nitriles is 1. The van der Waals surface area contributed by atoms with E-state index in [9.17, 15) is 13.5 Å². The number of hydrogen-bond acceptors (Lipinski definition) is 6. The van der Waals surface area contributed by atoms with Crippen molar-refractivity contribution < 1.29 is 13.5 Å². The molecule has 0 bridgehead atoms. The summed E-state index contributed by atoms with van der Waals surface area (Å²) >= 11 is 0. The van der Waals surface area contributed by atoms with E-state index in [1.165, 1.54) is 30.1 Å². The van der Waals surface area contributed by atoms with Crippen LogP contribution >= 0.6 is 0 Å². The van der Waals surface area contributed by atoms with Crippen molar-refractivity contribution in [3.05, 3.63) is 54.4 Å². The van der Waals surface area contributed by atoms with Crippen molar-refractivity contribution in [2.45, 2.75) is 6.92 Å². The van der Waals surface area contributed by atoms with Gasteiger partial charge in [-0.15, -0.1) is 0 Å². The van der Waals surface area contributed by atoms with Gasteiger partial charge in [0.2, 0.25) is 15.9 Å². The molecule has 2 N–H and O–H groups in total. The van der Waals surface area contributed by atoms with Gasteiger partial charge >= 0.3 is 0 Å². The van der Waals surface area contributed by atoms with E-state index in [0.717, 1.165) is 0 Å². The number of anilines is 1. The van der Waals surface area contributed by atoms with Gasteiger partial charge in [-0.05, 0) is 36.8 Å². The third kappa shape index (κ3) is 3.50. The van der Waals surface area contributed by atoms with Crippen LogP contribution in [-0.2, 0) is 10.0 Å². The van der Waals surface area contributed by atoms with Crippen LogP contribution in [0.25, 0.3) is 16.9 Å². The molecule has 0 aliphatic heterocycles. The molecule has 8 nitrogen and oxygen atoms in total. The Balaban J connectivity index is 1.89. The Morgan fingerprint density at radius 1 is 1.19 bits per heavy atom. The van der Waals surface area contributed by atoms with Gasteiger partial charge in [-0.25, -0.2) is 13.4 Å². The second kappa shape index (κ2) is 6.85. The lowest BCUT2D eigenvalue weighted by Crippen LogP contribution is -2.14. The summed E-state index contributed by atoms with van der Waals surface area (Å²) in [5.41, 5.74) is 2.05. The summed E-state index contributed by atoms with van der Waals surface area (Å²) in [6, 6.07) is 11.9. The van der Waals surface area contributed by atoms with E-state index >= 15 is 0 Å². The first kappa shape index (κ1) is 17.4. The maximum absolute atomic E-state index is 11.6. The topological polar surface area (TPSA) is 121 Å². The smallest absolute Gasteiger partial charge is 0.232 e. The van der Waals surface area contributed by atoms with Gasteiger partial charge in [-0.3, -0.25) is 4.72 Å². The van der Waals surface area contributed by atoms with Crippen molar-refractivity contribution >= 4 is 15.7 Å². The van der Waals surface area contributed by atoms with Gasteiger partial charge in [0.25, 0.3) is 0 Å². The van der Waals surface area contributed by atoms with Gasteiger partial charge in [0.05, 0.1) is 41.0 Å². The Labute approximate surface area is 150 Å². The minimum absolute atomic E-state index is 0.0390. The molecule has 0 aliphatic carbocycles. The van der Waals surface area contributed by atoms with Gasteiger partial charge in [0, 0.05) is 0 Å². The Morgan fingerprint density at radius 2 is 1.92 bits per heavy atom. The molecule has 0 saturated heterocycles.